The summed E-state index contributed by atoms with van der Waals surface area (Å²) in [6, 6.07) is 0. The van der Waals surface area contributed by atoms with Gasteiger partial charge in [0, 0.05) is 0 Å². The number of allylic oxidation sites excluding steroid dienone is 4. The number of carboxylic acid groups (broad SMARTS) is 1. The van der Waals surface area contributed by atoms with Crippen molar-refractivity contribution in [3.8, 4) is 0 Å². The number of carbonyl (C=O) groups is 1. The number of aliphatic carboxylic acids is 1. The second kappa shape index (κ2) is 6.27. The molecule has 2 saturated carbocycles. The van der Waals surface area contributed by atoms with E-state index in [0.717, 1.165) is 24.8 Å². The molecule has 2 N–H and O–H groups in total. The smallest absolute Gasteiger partial charge is 0.309 e. The molecular weight excluding hydrogens is 288 g/mol. The predicted octanol–water partition coefficient (Wildman–Crippen LogP) is 4.34. The molecule has 0 saturated heterocycles. The van der Waals surface area contributed by atoms with Gasteiger partial charge in [0.2, 0.25) is 0 Å². The van der Waals surface area contributed by atoms with Gasteiger partial charge in [-0.25, -0.2) is 0 Å². The summed E-state index contributed by atoms with van der Waals surface area (Å²) in [5, 5.41) is 20.2. The average molecular weight is 318 g/mol. The van der Waals surface area contributed by atoms with Crippen LogP contribution in [0.4, 0.5) is 0 Å². The largest absolute Gasteiger partial charge is 0.481 e. The molecule has 0 aliphatic heterocycles. The Morgan fingerprint density at radius 2 is 2.04 bits per heavy atom. The van der Waals surface area contributed by atoms with Crippen LogP contribution in [0.3, 0.4) is 0 Å². The van der Waals surface area contributed by atoms with Crippen LogP contribution in [0.2, 0.25) is 0 Å². The van der Waals surface area contributed by atoms with E-state index in [1.807, 2.05) is 19.9 Å². The third-order valence-corrected chi connectivity index (χ3v) is 6.43. The Kier molecular flexibility index (Phi) is 4.91. The van der Waals surface area contributed by atoms with Gasteiger partial charge in [0.05, 0.1) is 11.5 Å². The van der Waals surface area contributed by atoms with Crippen molar-refractivity contribution in [2.75, 3.05) is 0 Å². The number of aliphatic hydroxyl groups excluding tert-OH is 1. The van der Waals surface area contributed by atoms with E-state index in [4.69, 9.17) is 0 Å². The molecule has 0 heterocycles. The fourth-order valence-corrected chi connectivity index (χ4v) is 5.14. The van der Waals surface area contributed by atoms with Crippen molar-refractivity contribution in [2.24, 2.45) is 22.7 Å². The van der Waals surface area contributed by atoms with Crippen LogP contribution in [0.5, 0.6) is 0 Å². The van der Waals surface area contributed by atoms with E-state index >= 15 is 0 Å². The molecule has 0 aromatic carbocycles. The second-order valence-electron chi connectivity index (χ2n) is 7.98. The lowest BCUT2D eigenvalue weighted by Crippen LogP contribution is -2.56. The maximum absolute atomic E-state index is 12.0. The van der Waals surface area contributed by atoms with Gasteiger partial charge in [0.1, 0.15) is 0 Å². The summed E-state index contributed by atoms with van der Waals surface area (Å²) in [6.07, 6.45) is 7.02. The number of hydrogen-bond donors (Lipinski definition) is 2. The Morgan fingerprint density at radius 1 is 1.39 bits per heavy atom. The van der Waals surface area contributed by atoms with Gasteiger partial charge in [-0.3, -0.25) is 4.79 Å². The first-order chi connectivity index (χ1) is 10.6. The van der Waals surface area contributed by atoms with Crippen molar-refractivity contribution in [1.29, 1.82) is 0 Å². The zero-order chi connectivity index (χ0) is 17.4. The molecule has 128 valence electrons. The van der Waals surface area contributed by atoms with Gasteiger partial charge in [0.15, 0.2) is 0 Å². The first-order valence-corrected chi connectivity index (χ1v) is 8.53. The first kappa shape index (κ1) is 18.0. The Balaban J connectivity index is 2.42. The van der Waals surface area contributed by atoms with Gasteiger partial charge >= 0.3 is 5.97 Å². The first-order valence-electron chi connectivity index (χ1n) is 8.53. The van der Waals surface area contributed by atoms with Crippen molar-refractivity contribution < 1.29 is 15.0 Å². The summed E-state index contributed by atoms with van der Waals surface area (Å²) >= 11 is 0. The molecule has 2 aliphatic carbocycles. The highest BCUT2D eigenvalue weighted by molar-refractivity contribution is 5.75. The Bertz CT molecular complexity index is 547. The van der Waals surface area contributed by atoms with E-state index in [1.54, 1.807) is 0 Å². The van der Waals surface area contributed by atoms with Gasteiger partial charge in [-0.1, -0.05) is 43.4 Å². The molecule has 2 fully saturated rings. The summed E-state index contributed by atoms with van der Waals surface area (Å²) in [7, 11) is 0. The van der Waals surface area contributed by atoms with Crippen molar-refractivity contribution in [3.05, 3.63) is 36.5 Å². The van der Waals surface area contributed by atoms with Gasteiger partial charge < -0.3 is 10.2 Å². The normalized spacial score (nSPS) is 41.3. The lowest BCUT2D eigenvalue weighted by atomic mass is 9.46. The highest BCUT2D eigenvalue weighted by atomic mass is 16.4. The molecule has 3 heteroatoms. The molecule has 0 radical (unpaired) electrons. The summed E-state index contributed by atoms with van der Waals surface area (Å²) in [6.45, 7) is 14.1. The van der Waals surface area contributed by atoms with E-state index in [0.29, 0.717) is 12.8 Å². The lowest BCUT2D eigenvalue weighted by molar-refractivity contribution is -0.173. The molecule has 0 aromatic heterocycles. The molecule has 23 heavy (non-hydrogen) atoms. The van der Waals surface area contributed by atoms with Crippen molar-refractivity contribution in [2.45, 2.75) is 59.0 Å². The fraction of sp³-hybridized carbons (Fsp3) is 0.650. The topological polar surface area (TPSA) is 57.5 Å². The monoisotopic (exact) mass is 318 g/mol. The Labute approximate surface area is 139 Å². The lowest BCUT2D eigenvalue weighted by Gasteiger charge is -2.58. The second-order valence-corrected chi connectivity index (χ2v) is 7.98. The minimum atomic E-state index is -0.859. The van der Waals surface area contributed by atoms with E-state index < -0.39 is 17.5 Å². The predicted molar refractivity (Wildman–Crippen MR) is 93.0 cm³/mol. The number of fused-ring (bicyclic) bond motifs is 1. The minimum Gasteiger partial charge on any atom is -0.481 e. The SMILES string of the molecule is C=C/C(C)=C\C[C@H]1C(=C)CC[C@@H]2[C@]1(C)C[C@@H](O)C[C@]2(C)C(=O)O. The maximum Gasteiger partial charge on any atom is 0.309 e. The third kappa shape index (κ3) is 3.03. The summed E-state index contributed by atoms with van der Waals surface area (Å²) in [5.74, 6) is -0.495. The Morgan fingerprint density at radius 3 is 2.61 bits per heavy atom. The van der Waals surface area contributed by atoms with Crippen LogP contribution >= 0.6 is 0 Å². The number of hydrogen-bond acceptors (Lipinski definition) is 2. The zero-order valence-corrected chi connectivity index (χ0v) is 14.6. The molecule has 0 spiro atoms. The standard InChI is InChI=1S/C20H30O3/c1-6-13(2)7-9-16-14(3)8-10-17-19(16,4)11-15(21)12-20(17,5)18(22)23/h6-7,15-17,21H,1,3,8-12H2,2,4-5H3,(H,22,23)/b13-7-/t15-,16+,17-,19-,20+/m1/s1. The summed E-state index contributed by atoms with van der Waals surface area (Å²) in [4.78, 5) is 12.0. The van der Waals surface area contributed by atoms with Crippen molar-refractivity contribution >= 4 is 5.97 Å². The van der Waals surface area contributed by atoms with Crippen LogP contribution < -0.4 is 0 Å². The quantitative estimate of drug-likeness (QED) is 0.599. The molecule has 5 atom stereocenters. The molecule has 0 amide bonds. The highest BCUT2D eigenvalue weighted by Crippen LogP contribution is 2.61. The van der Waals surface area contributed by atoms with E-state index in [-0.39, 0.29) is 17.3 Å². The van der Waals surface area contributed by atoms with Gasteiger partial charge in [-0.15, -0.1) is 0 Å². The molecule has 0 bridgehead atoms. The molecule has 2 rings (SSSR count). The van der Waals surface area contributed by atoms with E-state index in [2.05, 4.69) is 26.2 Å². The van der Waals surface area contributed by atoms with Gasteiger partial charge in [0.25, 0.3) is 0 Å². The van der Waals surface area contributed by atoms with Crippen LogP contribution in [0.1, 0.15) is 52.9 Å². The molecule has 0 aromatic rings. The Hall–Kier alpha value is -1.35. The van der Waals surface area contributed by atoms with Crippen LogP contribution in [-0.4, -0.2) is 22.3 Å². The fourth-order valence-electron chi connectivity index (χ4n) is 5.14. The van der Waals surface area contributed by atoms with Crippen molar-refractivity contribution in [3.63, 3.8) is 0 Å². The van der Waals surface area contributed by atoms with Crippen LogP contribution in [-0.2, 0) is 4.79 Å². The van der Waals surface area contributed by atoms with Gasteiger partial charge in [-0.2, -0.15) is 0 Å². The number of carboxylic acids is 1. The molecule has 0 unspecified atom stereocenters. The van der Waals surface area contributed by atoms with Crippen LogP contribution in [0, 0.1) is 22.7 Å². The molecule has 3 nitrogen and oxygen atoms in total. The minimum absolute atomic E-state index is 0.0730. The summed E-state index contributed by atoms with van der Waals surface area (Å²) in [5.41, 5.74) is 1.24. The van der Waals surface area contributed by atoms with Crippen molar-refractivity contribution in [1.82, 2.24) is 0 Å². The highest BCUT2D eigenvalue weighted by Gasteiger charge is 2.59. The van der Waals surface area contributed by atoms with E-state index in [1.165, 1.54) is 5.57 Å². The zero-order valence-electron chi connectivity index (χ0n) is 14.6. The third-order valence-electron chi connectivity index (χ3n) is 6.43. The summed E-state index contributed by atoms with van der Waals surface area (Å²) < 4.78 is 0. The van der Waals surface area contributed by atoms with Crippen LogP contribution in [0.15, 0.2) is 36.5 Å². The number of rotatable bonds is 4. The van der Waals surface area contributed by atoms with Crippen LogP contribution in [0.25, 0.3) is 0 Å². The molecular formula is C20H30O3. The molecule has 2 aliphatic rings. The number of aliphatic hydroxyl groups is 1. The van der Waals surface area contributed by atoms with E-state index in [9.17, 15) is 15.0 Å². The average Bonchev–Trinajstić information content (AvgIpc) is 2.44. The maximum atomic E-state index is 12.0. The van der Waals surface area contributed by atoms with Gasteiger partial charge in [-0.05, 0) is 63.2 Å².